The number of aromatic nitrogens is 4. The van der Waals surface area contributed by atoms with Crippen molar-refractivity contribution in [3.05, 3.63) is 17.8 Å². The molecule has 28 heavy (non-hydrogen) atoms. The molecule has 13 nitrogen and oxygen atoms in total. The van der Waals surface area contributed by atoms with Gasteiger partial charge < -0.3 is 14.2 Å². The number of carbonyl (C=O) groups excluding carboxylic acids is 2. The number of urea groups is 1. The van der Waals surface area contributed by atoms with Crippen LogP contribution in [0.2, 0.25) is 0 Å². The maximum Gasteiger partial charge on any atom is 0.342 e. The quantitative estimate of drug-likeness (QED) is 0.585. The SMILES string of the molecule is CCOC(=O)c1cn(C)nc1S(=O)(=O)NC(=O)Nc1nc(OC)cc(OC)n1. The van der Waals surface area contributed by atoms with Crippen molar-refractivity contribution >= 4 is 28.0 Å². The molecule has 0 saturated carbocycles. The van der Waals surface area contributed by atoms with Gasteiger partial charge in [0.25, 0.3) is 10.0 Å². The topological polar surface area (TPSA) is 164 Å². The van der Waals surface area contributed by atoms with Crippen LogP contribution in [0, 0.1) is 0 Å². The second-order valence-corrected chi connectivity index (χ2v) is 6.68. The Morgan fingerprint density at radius 3 is 2.32 bits per heavy atom. The molecule has 0 aliphatic rings. The molecular formula is C14H18N6O7S. The minimum absolute atomic E-state index is 0.0378. The number of rotatable bonds is 7. The Hall–Kier alpha value is -3.42. The number of amides is 2. The van der Waals surface area contributed by atoms with Crippen molar-refractivity contribution in [2.45, 2.75) is 11.9 Å². The van der Waals surface area contributed by atoms with E-state index in [4.69, 9.17) is 14.2 Å². The maximum atomic E-state index is 12.5. The normalized spacial score (nSPS) is 10.9. The van der Waals surface area contributed by atoms with Gasteiger partial charge in [-0.05, 0) is 6.92 Å². The molecule has 0 spiro atoms. The molecule has 2 aromatic rings. The van der Waals surface area contributed by atoms with E-state index in [1.165, 1.54) is 33.5 Å². The van der Waals surface area contributed by atoms with Gasteiger partial charge in [0.15, 0.2) is 0 Å². The van der Waals surface area contributed by atoms with E-state index in [-0.39, 0.29) is 29.9 Å². The molecule has 0 unspecified atom stereocenters. The van der Waals surface area contributed by atoms with Crippen LogP contribution < -0.4 is 19.5 Å². The summed E-state index contributed by atoms with van der Waals surface area (Å²) in [7, 11) is -0.399. The Morgan fingerprint density at radius 1 is 1.18 bits per heavy atom. The van der Waals surface area contributed by atoms with Crippen LogP contribution in [-0.4, -0.2) is 61.0 Å². The highest BCUT2D eigenvalue weighted by atomic mass is 32.2. The number of aryl methyl sites for hydroxylation is 1. The van der Waals surface area contributed by atoms with E-state index in [0.29, 0.717) is 0 Å². The molecule has 0 atom stereocenters. The van der Waals surface area contributed by atoms with Crippen molar-refractivity contribution in [1.82, 2.24) is 24.5 Å². The molecule has 14 heteroatoms. The lowest BCUT2D eigenvalue weighted by atomic mass is 10.4. The van der Waals surface area contributed by atoms with Gasteiger partial charge >= 0.3 is 12.0 Å². The minimum Gasteiger partial charge on any atom is -0.481 e. The molecule has 0 aliphatic heterocycles. The summed E-state index contributed by atoms with van der Waals surface area (Å²) in [5, 5.41) is 5.19. The lowest BCUT2D eigenvalue weighted by Crippen LogP contribution is -2.36. The standard InChI is InChI=1S/C14H18N6O7S/c1-5-27-12(21)8-7-20(2)18-11(8)28(23,24)19-14(22)17-13-15-9(25-3)6-10(16-13)26-4/h6-7H,5H2,1-4H3,(H2,15,16,17,19,22). The summed E-state index contributed by atoms with van der Waals surface area (Å²) >= 11 is 0. The molecular weight excluding hydrogens is 396 g/mol. The third-order valence-electron chi connectivity index (χ3n) is 3.09. The van der Waals surface area contributed by atoms with E-state index < -0.39 is 27.0 Å². The highest BCUT2D eigenvalue weighted by Crippen LogP contribution is 2.18. The van der Waals surface area contributed by atoms with E-state index in [2.05, 4.69) is 20.4 Å². The average Bonchev–Trinajstić information content (AvgIpc) is 3.04. The Labute approximate surface area is 160 Å². The monoisotopic (exact) mass is 414 g/mol. The number of anilines is 1. The molecule has 2 rings (SSSR count). The summed E-state index contributed by atoms with van der Waals surface area (Å²) in [6.07, 6.45) is 1.17. The van der Waals surface area contributed by atoms with Gasteiger partial charge in [-0.15, -0.1) is 0 Å². The molecule has 152 valence electrons. The van der Waals surface area contributed by atoms with Crippen LogP contribution in [0.1, 0.15) is 17.3 Å². The van der Waals surface area contributed by atoms with Crippen LogP contribution in [0.4, 0.5) is 10.7 Å². The number of esters is 1. The Kier molecular flexibility index (Phi) is 6.35. The largest absolute Gasteiger partial charge is 0.481 e. The molecule has 0 saturated heterocycles. The highest BCUT2D eigenvalue weighted by molar-refractivity contribution is 7.90. The first-order valence-electron chi connectivity index (χ1n) is 7.71. The predicted molar refractivity (Wildman–Crippen MR) is 93.6 cm³/mol. The van der Waals surface area contributed by atoms with Gasteiger partial charge in [0.05, 0.1) is 26.9 Å². The number of hydrogen-bond donors (Lipinski definition) is 2. The Morgan fingerprint density at radius 2 is 1.79 bits per heavy atom. The van der Waals surface area contributed by atoms with E-state index in [0.717, 1.165) is 4.68 Å². The van der Waals surface area contributed by atoms with Crippen LogP contribution in [-0.2, 0) is 21.8 Å². The zero-order chi connectivity index (χ0) is 20.9. The van der Waals surface area contributed by atoms with E-state index in [9.17, 15) is 18.0 Å². The third kappa shape index (κ3) is 4.85. The first kappa shape index (κ1) is 20.9. The minimum atomic E-state index is -4.50. The van der Waals surface area contributed by atoms with Crippen LogP contribution in [0.25, 0.3) is 0 Å². The fourth-order valence-electron chi connectivity index (χ4n) is 1.98. The smallest absolute Gasteiger partial charge is 0.342 e. The van der Waals surface area contributed by atoms with Crippen molar-refractivity contribution in [3.8, 4) is 11.8 Å². The van der Waals surface area contributed by atoms with Crippen molar-refractivity contribution in [3.63, 3.8) is 0 Å². The fraction of sp³-hybridized carbons (Fsp3) is 0.357. The first-order valence-corrected chi connectivity index (χ1v) is 9.20. The molecule has 2 heterocycles. The van der Waals surface area contributed by atoms with Crippen molar-refractivity contribution < 1.29 is 32.2 Å². The molecule has 0 aromatic carbocycles. The van der Waals surface area contributed by atoms with Gasteiger partial charge in [-0.2, -0.15) is 23.5 Å². The van der Waals surface area contributed by atoms with Crippen LogP contribution in [0.5, 0.6) is 11.8 Å². The number of hydrogen-bond acceptors (Lipinski definition) is 10. The highest BCUT2D eigenvalue weighted by Gasteiger charge is 2.29. The number of sulfonamides is 1. The van der Waals surface area contributed by atoms with Gasteiger partial charge in [-0.3, -0.25) is 10.00 Å². The number of nitrogens with zero attached hydrogens (tertiary/aromatic N) is 4. The summed E-state index contributed by atoms with van der Waals surface area (Å²) in [6.45, 7) is 1.60. The lowest BCUT2D eigenvalue weighted by Gasteiger charge is -2.09. The van der Waals surface area contributed by atoms with E-state index in [1.54, 1.807) is 11.6 Å². The average molecular weight is 414 g/mol. The van der Waals surface area contributed by atoms with E-state index >= 15 is 0 Å². The molecule has 0 radical (unpaired) electrons. The zero-order valence-corrected chi connectivity index (χ0v) is 16.2. The summed E-state index contributed by atoms with van der Waals surface area (Å²) in [5.41, 5.74) is -0.316. The number of carbonyl (C=O) groups is 2. The van der Waals surface area contributed by atoms with Crippen LogP contribution in [0.15, 0.2) is 17.3 Å². The van der Waals surface area contributed by atoms with Gasteiger partial charge in [0, 0.05) is 13.2 Å². The molecule has 2 amide bonds. The predicted octanol–water partition coefficient (Wildman–Crippen LogP) is -0.0856. The molecule has 2 aromatic heterocycles. The lowest BCUT2D eigenvalue weighted by molar-refractivity contribution is 0.0521. The number of ether oxygens (including phenoxy) is 3. The van der Waals surface area contributed by atoms with Crippen molar-refractivity contribution in [2.75, 3.05) is 26.1 Å². The van der Waals surface area contributed by atoms with Crippen LogP contribution >= 0.6 is 0 Å². The summed E-state index contributed by atoms with van der Waals surface area (Å²) in [5.74, 6) is -0.994. The van der Waals surface area contributed by atoms with Gasteiger partial charge in [-0.25, -0.2) is 14.3 Å². The van der Waals surface area contributed by atoms with E-state index in [1.807, 2.05) is 0 Å². The fourth-order valence-corrected chi connectivity index (χ4v) is 3.04. The number of nitrogens with one attached hydrogen (secondary N) is 2. The Balaban J connectivity index is 2.23. The molecule has 0 fully saturated rings. The summed E-state index contributed by atoms with van der Waals surface area (Å²) in [4.78, 5) is 31.7. The maximum absolute atomic E-state index is 12.5. The summed E-state index contributed by atoms with van der Waals surface area (Å²) in [6, 6.07) is 0.176. The zero-order valence-electron chi connectivity index (χ0n) is 15.4. The molecule has 0 bridgehead atoms. The van der Waals surface area contributed by atoms with Gasteiger partial charge in [0.1, 0.15) is 5.56 Å². The van der Waals surface area contributed by atoms with Gasteiger partial charge in [-0.1, -0.05) is 0 Å². The third-order valence-corrected chi connectivity index (χ3v) is 4.36. The molecule has 2 N–H and O–H groups in total. The molecule has 0 aliphatic carbocycles. The summed E-state index contributed by atoms with van der Waals surface area (Å²) < 4.78 is 42.4. The van der Waals surface area contributed by atoms with Crippen LogP contribution in [0.3, 0.4) is 0 Å². The second kappa shape index (κ2) is 8.51. The van der Waals surface area contributed by atoms with Crippen molar-refractivity contribution in [2.24, 2.45) is 7.05 Å². The second-order valence-electron chi connectivity index (χ2n) is 5.08. The first-order chi connectivity index (χ1) is 13.2. The Bertz CT molecular complexity index is 966. The van der Waals surface area contributed by atoms with Crippen molar-refractivity contribution in [1.29, 1.82) is 0 Å². The van der Waals surface area contributed by atoms with Gasteiger partial charge in [0.2, 0.25) is 22.7 Å². The number of methoxy groups -OCH3 is 2.